The minimum Gasteiger partial charge on any atom is -0.496 e. The van der Waals surface area contributed by atoms with Gasteiger partial charge in [-0.1, -0.05) is 18.2 Å². The lowest BCUT2D eigenvalue weighted by Crippen LogP contribution is -2.52. The van der Waals surface area contributed by atoms with Crippen LogP contribution >= 0.6 is 0 Å². The largest absolute Gasteiger partial charge is 0.496 e. The molecule has 0 spiro atoms. The second-order valence-electron chi connectivity index (χ2n) is 5.83. The molecule has 1 saturated heterocycles. The molecule has 0 bridgehead atoms. The van der Waals surface area contributed by atoms with E-state index in [0.29, 0.717) is 19.6 Å². The van der Waals surface area contributed by atoms with Gasteiger partial charge in [-0.15, -0.1) is 0 Å². The molecule has 132 valence electrons. The SMILES string of the molecule is COc1ccccc1CCNC(=O)N1CCN(c2cnccn2)CC1. The number of hydrogen-bond donors (Lipinski definition) is 1. The smallest absolute Gasteiger partial charge is 0.317 e. The van der Waals surface area contributed by atoms with E-state index in [1.807, 2.05) is 29.2 Å². The summed E-state index contributed by atoms with van der Waals surface area (Å²) in [6.07, 6.45) is 5.85. The molecule has 0 unspecified atom stereocenters. The van der Waals surface area contributed by atoms with Crippen molar-refractivity contribution in [2.45, 2.75) is 6.42 Å². The first kappa shape index (κ1) is 17.0. The molecule has 7 nitrogen and oxygen atoms in total. The Balaban J connectivity index is 1.44. The fourth-order valence-electron chi connectivity index (χ4n) is 2.92. The number of aromatic nitrogens is 2. The number of carbonyl (C=O) groups excluding carboxylic acids is 1. The Morgan fingerprint density at radius 2 is 2.00 bits per heavy atom. The van der Waals surface area contributed by atoms with Crippen LogP contribution in [-0.2, 0) is 6.42 Å². The highest BCUT2D eigenvalue weighted by molar-refractivity contribution is 5.74. The normalized spacial score (nSPS) is 14.3. The van der Waals surface area contributed by atoms with Gasteiger partial charge in [-0.2, -0.15) is 0 Å². The van der Waals surface area contributed by atoms with Crippen LogP contribution in [0.25, 0.3) is 0 Å². The van der Waals surface area contributed by atoms with Crippen molar-refractivity contribution in [1.29, 1.82) is 0 Å². The minimum absolute atomic E-state index is 0.0197. The third kappa shape index (κ3) is 4.37. The Labute approximate surface area is 147 Å². The molecule has 25 heavy (non-hydrogen) atoms. The molecule has 0 radical (unpaired) electrons. The van der Waals surface area contributed by atoms with Gasteiger partial charge in [0.2, 0.25) is 0 Å². The number of benzene rings is 1. The highest BCUT2D eigenvalue weighted by atomic mass is 16.5. The molecule has 1 aromatic heterocycles. The maximum absolute atomic E-state index is 12.3. The van der Waals surface area contributed by atoms with E-state index in [1.165, 1.54) is 0 Å². The van der Waals surface area contributed by atoms with Gasteiger partial charge in [-0.05, 0) is 18.1 Å². The molecular formula is C18H23N5O2. The molecule has 2 aromatic rings. The van der Waals surface area contributed by atoms with E-state index in [1.54, 1.807) is 25.7 Å². The Morgan fingerprint density at radius 3 is 2.72 bits per heavy atom. The zero-order valence-corrected chi connectivity index (χ0v) is 14.4. The summed E-state index contributed by atoms with van der Waals surface area (Å²) in [5.41, 5.74) is 1.10. The Bertz CT molecular complexity index is 687. The fraction of sp³-hybridized carbons (Fsp3) is 0.389. The van der Waals surface area contributed by atoms with E-state index >= 15 is 0 Å². The van der Waals surface area contributed by atoms with Gasteiger partial charge < -0.3 is 19.9 Å². The highest BCUT2D eigenvalue weighted by Crippen LogP contribution is 2.17. The highest BCUT2D eigenvalue weighted by Gasteiger charge is 2.21. The first-order chi connectivity index (χ1) is 12.3. The van der Waals surface area contributed by atoms with Crippen molar-refractivity contribution in [2.24, 2.45) is 0 Å². The van der Waals surface area contributed by atoms with Crippen LogP contribution < -0.4 is 15.0 Å². The van der Waals surface area contributed by atoms with Gasteiger partial charge in [0.25, 0.3) is 0 Å². The first-order valence-electron chi connectivity index (χ1n) is 8.43. The summed E-state index contributed by atoms with van der Waals surface area (Å²) >= 11 is 0. The van der Waals surface area contributed by atoms with Gasteiger partial charge in [0.05, 0.1) is 13.3 Å². The van der Waals surface area contributed by atoms with Crippen LogP contribution in [0.4, 0.5) is 10.6 Å². The molecule has 2 amide bonds. The number of anilines is 1. The van der Waals surface area contributed by atoms with Crippen molar-refractivity contribution in [3.05, 3.63) is 48.4 Å². The second kappa shape index (κ2) is 8.32. The van der Waals surface area contributed by atoms with Crippen molar-refractivity contribution in [3.8, 4) is 5.75 Å². The predicted octanol–water partition coefficient (Wildman–Crippen LogP) is 1.56. The third-order valence-corrected chi connectivity index (χ3v) is 4.30. The molecular weight excluding hydrogens is 318 g/mol. The number of rotatable bonds is 5. The van der Waals surface area contributed by atoms with Crippen LogP contribution in [-0.4, -0.2) is 60.7 Å². The van der Waals surface area contributed by atoms with Crippen LogP contribution in [0.15, 0.2) is 42.9 Å². The number of nitrogens with one attached hydrogen (secondary N) is 1. The quantitative estimate of drug-likeness (QED) is 0.894. The second-order valence-corrected chi connectivity index (χ2v) is 5.83. The van der Waals surface area contributed by atoms with Crippen molar-refractivity contribution in [3.63, 3.8) is 0 Å². The number of ether oxygens (including phenoxy) is 1. The molecule has 0 saturated carbocycles. The number of nitrogens with zero attached hydrogens (tertiary/aromatic N) is 4. The zero-order valence-electron chi connectivity index (χ0n) is 14.4. The van der Waals surface area contributed by atoms with Gasteiger partial charge >= 0.3 is 6.03 Å². The summed E-state index contributed by atoms with van der Waals surface area (Å²) in [6, 6.07) is 7.85. The van der Waals surface area contributed by atoms with Gasteiger partial charge in [-0.25, -0.2) is 9.78 Å². The number of amides is 2. The molecule has 2 heterocycles. The lowest BCUT2D eigenvalue weighted by molar-refractivity contribution is 0.194. The number of methoxy groups -OCH3 is 1. The minimum atomic E-state index is -0.0197. The van der Waals surface area contributed by atoms with E-state index in [-0.39, 0.29) is 6.03 Å². The van der Waals surface area contributed by atoms with Gasteiger partial charge in [-0.3, -0.25) is 4.98 Å². The summed E-state index contributed by atoms with van der Waals surface area (Å²) in [4.78, 5) is 24.7. The van der Waals surface area contributed by atoms with E-state index < -0.39 is 0 Å². The van der Waals surface area contributed by atoms with Crippen molar-refractivity contribution in [1.82, 2.24) is 20.2 Å². The summed E-state index contributed by atoms with van der Waals surface area (Å²) < 4.78 is 5.33. The molecule has 1 aromatic carbocycles. The maximum atomic E-state index is 12.3. The van der Waals surface area contributed by atoms with Crippen LogP contribution in [0.5, 0.6) is 5.75 Å². The van der Waals surface area contributed by atoms with Gasteiger partial charge in [0.15, 0.2) is 0 Å². The zero-order chi connectivity index (χ0) is 17.5. The lowest BCUT2D eigenvalue weighted by atomic mass is 10.1. The van der Waals surface area contributed by atoms with Crippen molar-refractivity contribution >= 4 is 11.8 Å². The number of carbonyl (C=O) groups is 1. The summed E-state index contributed by atoms with van der Waals surface area (Å²) in [6.45, 7) is 3.47. The average Bonchev–Trinajstić information content (AvgIpc) is 2.69. The van der Waals surface area contributed by atoms with Crippen LogP contribution in [0, 0.1) is 0 Å². The van der Waals surface area contributed by atoms with Crippen molar-refractivity contribution in [2.75, 3.05) is 44.7 Å². The predicted molar refractivity (Wildman–Crippen MR) is 95.9 cm³/mol. The molecule has 1 aliphatic heterocycles. The number of hydrogen-bond acceptors (Lipinski definition) is 5. The number of urea groups is 1. The monoisotopic (exact) mass is 341 g/mol. The van der Waals surface area contributed by atoms with Crippen LogP contribution in [0.3, 0.4) is 0 Å². The summed E-state index contributed by atoms with van der Waals surface area (Å²) in [5.74, 6) is 1.72. The topological polar surface area (TPSA) is 70.6 Å². The molecule has 1 N–H and O–H groups in total. The number of para-hydroxylation sites is 1. The summed E-state index contributed by atoms with van der Waals surface area (Å²) in [5, 5.41) is 2.99. The average molecular weight is 341 g/mol. The molecule has 0 aliphatic carbocycles. The molecule has 3 rings (SSSR count). The first-order valence-corrected chi connectivity index (χ1v) is 8.43. The van der Waals surface area contributed by atoms with Crippen molar-refractivity contribution < 1.29 is 9.53 Å². The number of piperazine rings is 1. The molecule has 1 fully saturated rings. The van der Waals surface area contributed by atoms with Gasteiger partial charge in [0, 0.05) is 45.1 Å². The maximum Gasteiger partial charge on any atom is 0.317 e. The standard InChI is InChI=1S/C18H23N5O2/c1-25-16-5-3-2-4-15(16)6-7-21-18(24)23-12-10-22(11-13-23)17-14-19-8-9-20-17/h2-5,8-9,14H,6-7,10-13H2,1H3,(H,21,24). The van der Waals surface area contributed by atoms with Crippen LogP contribution in [0.2, 0.25) is 0 Å². The molecule has 1 aliphatic rings. The summed E-state index contributed by atoms with van der Waals surface area (Å²) in [7, 11) is 1.66. The van der Waals surface area contributed by atoms with E-state index in [4.69, 9.17) is 4.74 Å². The lowest BCUT2D eigenvalue weighted by Gasteiger charge is -2.35. The van der Waals surface area contributed by atoms with Gasteiger partial charge in [0.1, 0.15) is 11.6 Å². The third-order valence-electron chi connectivity index (χ3n) is 4.30. The Hall–Kier alpha value is -2.83. The van der Waals surface area contributed by atoms with Crippen LogP contribution in [0.1, 0.15) is 5.56 Å². The van der Waals surface area contributed by atoms with E-state index in [2.05, 4.69) is 20.2 Å². The molecule has 0 atom stereocenters. The fourth-order valence-corrected chi connectivity index (χ4v) is 2.92. The Kier molecular flexibility index (Phi) is 5.66. The van der Waals surface area contributed by atoms with E-state index in [9.17, 15) is 4.79 Å². The Morgan fingerprint density at radius 1 is 1.20 bits per heavy atom. The molecule has 7 heteroatoms. The van der Waals surface area contributed by atoms with E-state index in [0.717, 1.165) is 36.6 Å².